The first-order valence-corrected chi connectivity index (χ1v) is 4.96. The summed E-state index contributed by atoms with van der Waals surface area (Å²) in [5.74, 6) is 0.379. The van der Waals surface area contributed by atoms with Gasteiger partial charge in [-0.15, -0.1) is 0 Å². The van der Waals surface area contributed by atoms with Crippen LogP contribution < -0.4 is 4.74 Å². The quantitative estimate of drug-likeness (QED) is 0.743. The second-order valence-electron chi connectivity index (χ2n) is 3.35. The number of ether oxygens (including phenoxy) is 2. The van der Waals surface area contributed by atoms with Crippen LogP contribution in [0.4, 0.5) is 4.39 Å². The number of benzene rings is 1. The number of hydrogen-bond acceptors (Lipinski definition) is 3. The lowest BCUT2D eigenvalue weighted by Gasteiger charge is -2.06. The van der Waals surface area contributed by atoms with Crippen molar-refractivity contribution in [2.45, 2.75) is 0 Å². The van der Waals surface area contributed by atoms with Crippen molar-refractivity contribution in [2.75, 3.05) is 20.3 Å². The van der Waals surface area contributed by atoms with E-state index < -0.39 is 0 Å². The molecule has 0 spiro atoms. The average molecular weight is 221 g/mol. The Morgan fingerprint density at radius 3 is 2.94 bits per heavy atom. The van der Waals surface area contributed by atoms with E-state index in [1.54, 1.807) is 25.3 Å². The number of nitrogens with zero attached hydrogens (tertiary/aromatic N) is 1. The van der Waals surface area contributed by atoms with E-state index in [9.17, 15) is 4.39 Å². The van der Waals surface area contributed by atoms with E-state index in [0.717, 1.165) is 10.9 Å². The molecule has 0 N–H and O–H groups in total. The SMILES string of the molecule is COCCOc1ccc2cc(F)cnc2c1. The van der Waals surface area contributed by atoms with Crippen LogP contribution >= 0.6 is 0 Å². The summed E-state index contributed by atoms with van der Waals surface area (Å²) in [4.78, 5) is 3.98. The predicted molar refractivity (Wildman–Crippen MR) is 59.1 cm³/mol. The third-order valence-electron chi connectivity index (χ3n) is 2.18. The van der Waals surface area contributed by atoms with Gasteiger partial charge in [0.2, 0.25) is 0 Å². The molecule has 0 saturated carbocycles. The second-order valence-corrected chi connectivity index (χ2v) is 3.35. The number of hydrogen-bond donors (Lipinski definition) is 0. The van der Waals surface area contributed by atoms with Gasteiger partial charge in [0.05, 0.1) is 18.3 Å². The number of methoxy groups -OCH3 is 1. The normalized spacial score (nSPS) is 10.6. The highest BCUT2D eigenvalue weighted by Crippen LogP contribution is 2.19. The lowest BCUT2D eigenvalue weighted by molar-refractivity contribution is 0.146. The summed E-state index contributed by atoms with van der Waals surface area (Å²) >= 11 is 0. The highest BCUT2D eigenvalue weighted by atomic mass is 19.1. The van der Waals surface area contributed by atoms with Crippen molar-refractivity contribution in [1.29, 1.82) is 0 Å². The monoisotopic (exact) mass is 221 g/mol. The van der Waals surface area contributed by atoms with Gasteiger partial charge in [-0.2, -0.15) is 0 Å². The Labute approximate surface area is 92.8 Å². The van der Waals surface area contributed by atoms with Crippen LogP contribution in [0.3, 0.4) is 0 Å². The first-order valence-electron chi connectivity index (χ1n) is 4.96. The van der Waals surface area contributed by atoms with Gasteiger partial charge < -0.3 is 9.47 Å². The Balaban J connectivity index is 2.20. The van der Waals surface area contributed by atoms with Gasteiger partial charge in [-0.05, 0) is 18.2 Å². The first-order chi connectivity index (χ1) is 7.79. The minimum Gasteiger partial charge on any atom is -0.491 e. The van der Waals surface area contributed by atoms with Crippen LogP contribution in [0.1, 0.15) is 0 Å². The van der Waals surface area contributed by atoms with Crippen LogP contribution in [0.15, 0.2) is 30.5 Å². The van der Waals surface area contributed by atoms with E-state index in [4.69, 9.17) is 9.47 Å². The van der Waals surface area contributed by atoms with Crippen LogP contribution in [-0.2, 0) is 4.74 Å². The predicted octanol–water partition coefficient (Wildman–Crippen LogP) is 2.40. The number of fused-ring (bicyclic) bond motifs is 1. The summed E-state index contributed by atoms with van der Waals surface area (Å²) in [6.07, 6.45) is 1.20. The Hall–Kier alpha value is -1.68. The molecule has 0 atom stereocenters. The van der Waals surface area contributed by atoms with Crippen LogP contribution in [0, 0.1) is 5.82 Å². The molecule has 2 rings (SSSR count). The highest BCUT2D eigenvalue weighted by molar-refractivity contribution is 5.79. The Morgan fingerprint density at radius 2 is 2.12 bits per heavy atom. The molecule has 0 amide bonds. The maximum absolute atomic E-state index is 12.9. The molecule has 0 fully saturated rings. The summed E-state index contributed by atoms with van der Waals surface area (Å²) < 4.78 is 23.2. The zero-order valence-electron chi connectivity index (χ0n) is 8.94. The van der Waals surface area contributed by atoms with Gasteiger partial charge in [-0.25, -0.2) is 4.39 Å². The number of halogens is 1. The van der Waals surface area contributed by atoms with Gasteiger partial charge in [0.15, 0.2) is 0 Å². The fraction of sp³-hybridized carbons (Fsp3) is 0.250. The molecule has 84 valence electrons. The molecule has 0 bridgehead atoms. The molecule has 0 aliphatic carbocycles. The molecule has 1 heterocycles. The van der Waals surface area contributed by atoms with Gasteiger partial charge in [0.25, 0.3) is 0 Å². The molecule has 0 saturated heterocycles. The summed E-state index contributed by atoms with van der Waals surface area (Å²) in [5, 5.41) is 0.763. The molecular formula is C12H12FNO2. The van der Waals surface area contributed by atoms with E-state index >= 15 is 0 Å². The standard InChI is InChI=1S/C12H12FNO2/c1-15-4-5-16-11-3-2-9-6-10(13)8-14-12(9)7-11/h2-3,6-8H,4-5H2,1H3. The van der Waals surface area contributed by atoms with Gasteiger partial charge in [0, 0.05) is 18.6 Å². The van der Waals surface area contributed by atoms with Gasteiger partial charge >= 0.3 is 0 Å². The van der Waals surface area contributed by atoms with Crippen LogP contribution in [0.5, 0.6) is 5.75 Å². The first kappa shape index (κ1) is 10.8. The van der Waals surface area contributed by atoms with Crippen molar-refractivity contribution in [1.82, 2.24) is 4.98 Å². The highest BCUT2D eigenvalue weighted by Gasteiger charge is 2.00. The van der Waals surface area contributed by atoms with Crippen molar-refractivity contribution in [3.63, 3.8) is 0 Å². The Morgan fingerprint density at radius 1 is 1.25 bits per heavy atom. The topological polar surface area (TPSA) is 31.4 Å². The average Bonchev–Trinajstić information content (AvgIpc) is 2.29. The molecule has 2 aromatic rings. The van der Waals surface area contributed by atoms with Crippen molar-refractivity contribution in [3.8, 4) is 5.75 Å². The third-order valence-corrected chi connectivity index (χ3v) is 2.18. The molecule has 3 nitrogen and oxygen atoms in total. The fourth-order valence-corrected chi connectivity index (χ4v) is 1.41. The Kier molecular flexibility index (Phi) is 3.31. The maximum atomic E-state index is 12.9. The zero-order valence-corrected chi connectivity index (χ0v) is 8.94. The second kappa shape index (κ2) is 4.90. The molecule has 0 unspecified atom stereocenters. The fourth-order valence-electron chi connectivity index (χ4n) is 1.41. The van der Waals surface area contributed by atoms with E-state index in [1.807, 2.05) is 0 Å². The van der Waals surface area contributed by atoms with Crippen LogP contribution in [-0.4, -0.2) is 25.3 Å². The lowest BCUT2D eigenvalue weighted by atomic mass is 10.2. The number of aromatic nitrogens is 1. The summed E-state index contributed by atoms with van der Waals surface area (Å²) in [5.41, 5.74) is 0.719. The minimum absolute atomic E-state index is 0.333. The van der Waals surface area contributed by atoms with E-state index in [1.165, 1.54) is 12.3 Å². The smallest absolute Gasteiger partial charge is 0.142 e. The zero-order chi connectivity index (χ0) is 11.4. The van der Waals surface area contributed by atoms with E-state index in [0.29, 0.717) is 19.0 Å². The molecule has 1 aromatic heterocycles. The number of rotatable bonds is 4. The largest absolute Gasteiger partial charge is 0.491 e. The maximum Gasteiger partial charge on any atom is 0.142 e. The number of pyridine rings is 1. The molecule has 0 radical (unpaired) electrons. The van der Waals surface area contributed by atoms with Gasteiger partial charge in [0.1, 0.15) is 18.2 Å². The molecule has 16 heavy (non-hydrogen) atoms. The minimum atomic E-state index is -0.333. The molecule has 1 aromatic carbocycles. The van der Waals surface area contributed by atoms with E-state index in [2.05, 4.69) is 4.98 Å². The van der Waals surface area contributed by atoms with Crippen molar-refractivity contribution >= 4 is 10.9 Å². The van der Waals surface area contributed by atoms with Gasteiger partial charge in [-0.3, -0.25) is 4.98 Å². The van der Waals surface area contributed by atoms with E-state index in [-0.39, 0.29) is 5.82 Å². The van der Waals surface area contributed by atoms with Crippen molar-refractivity contribution in [3.05, 3.63) is 36.3 Å². The lowest BCUT2D eigenvalue weighted by Crippen LogP contribution is -2.04. The van der Waals surface area contributed by atoms with Crippen LogP contribution in [0.2, 0.25) is 0 Å². The Bertz CT molecular complexity index is 487. The van der Waals surface area contributed by atoms with Crippen molar-refractivity contribution < 1.29 is 13.9 Å². The van der Waals surface area contributed by atoms with Crippen LogP contribution in [0.25, 0.3) is 10.9 Å². The molecular weight excluding hydrogens is 209 g/mol. The summed E-state index contributed by atoms with van der Waals surface area (Å²) in [7, 11) is 1.62. The van der Waals surface area contributed by atoms with Crippen molar-refractivity contribution in [2.24, 2.45) is 0 Å². The summed E-state index contributed by atoms with van der Waals surface area (Å²) in [6.45, 7) is 1.03. The molecule has 0 aliphatic rings. The van der Waals surface area contributed by atoms with Gasteiger partial charge in [-0.1, -0.05) is 0 Å². The third kappa shape index (κ3) is 2.46. The molecule has 0 aliphatic heterocycles. The summed E-state index contributed by atoms with van der Waals surface area (Å²) in [6, 6.07) is 6.80. The molecule has 4 heteroatoms.